The molecule has 64 heavy (non-hydrogen) atoms. The Labute approximate surface area is 374 Å². The molecule has 1 aromatic heterocycles. The van der Waals surface area contributed by atoms with Gasteiger partial charge in [0.1, 0.15) is 0 Å². The van der Waals surface area contributed by atoms with Crippen LogP contribution in [0.2, 0.25) is 0 Å². The van der Waals surface area contributed by atoms with Crippen LogP contribution in [-0.2, 0) is 5.41 Å². The molecule has 10 aromatic carbocycles. The fourth-order valence-corrected chi connectivity index (χ4v) is 10.6. The third kappa shape index (κ3) is 5.80. The number of anilines is 3. The molecule has 0 aliphatic heterocycles. The quantitative estimate of drug-likeness (QED) is 0.148. The summed E-state index contributed by atoms with van der Waals surface area (Å²) in [5.74, 6) is 0. The topological polar surface area (TPSA) is 8.17 Å². The Bertz CT molecular complexity index is 3470. The highest BCUT2D eigenvalue weighted by atomic mass is 15.2. The summed E-state index contributed by atoms with van der Waals surface area (Å²) in [6, 6.07) is 91.1. The summed E-state index contributed by atoms with van der Waals surface area (Å²) in [6.45, 7) is 2.40. The van der Waals surface area contributed by atoms with Crippen LogP contribution in [0.4, 0.5) is 17.1 Å². The van der Waals surface area contributed by atoms with Gasteiger partial charge < -0.3 is 9.47 Å². The lowest BCUT2D eigenvalue weighted by Gasteiger charge is -2.33. The van der Waals surface area contributed by atoms with Gasteiger partial charge >= 0.3 is 0 Å². The molecule has 1 aliphatic rings. The molecule has 11 aromatic rings. The Balaban J connectivity index is 1.17. The minimum Gasteiger partial charge on any atom is -0.307 e. The van der Waals surface area contributed by atoms with Crippen LogP contribution in [-0.4, -0.2) is 4.57 Å². The van der Waals surface area contributed by atoms with Gasteiger partial charge in [-0.05, 0) is 93.4 Å². The van der Waals surface area contributed by atoms with Crippen LogP contribution in [0.5, 0.6) is 0 Å². The Morgan fingerprint density at radius 1 is 0.328 bits per heavy atom. The van der Waals surface area contributed by atoms with Crippen LogP contribution >= 0.6 is 0 Å². The van der Waals surface area contributed by atoms with E-state index >= 15 is 0 Å². The number of fused-ring (bicyclic) bond motifs is 6. The third-order valence-corrected chi connectivity index (χ3v) is 13.5. The van der Waals surface area contributed by atoms with E-state index in [0.717, 1.165) is 28.3 Å². The summed E-state index contributed by atoms with van der Waals surface area (Å²) >= 11 is 0. The van der Waals surface area contributed by atoms with Crippen molar-refractivity contribution in [2.75, 3.05) is 4.90 Å². The zero-order valence-electron chi connectivity index (χ0n) is 35.6. The summed E-state index contributed by atoms with van der Waals surface area (Å²) in [7, 11) is 0. The van der Waals surface area contributed by atoms with Gasteiger partial charge in [0, 0.05) is 27.3 Å². The van der Waals surface area contributed by atoms with Gasteiger partial charge in [-0.15, -0.1) is 0 Å². The number of hydrogen-bond donors (Lipinski definition) is 0. The summed E-state index contributed by atoms with van der Waals surface area (Å²) < 4.78 is 2.46. The van der Waals surface area contributed by atoms with Crippen molar-refractivity contribution in [2.24, 2.45) is 0 Å². The van der Waals surface area contributed by atoms with Crippen molar-refractivity contribution < 1.29 is 0 Å². The van der Waals surface area contributed by atoms with Crippen molar-refractivity contribution in [2.45, 2.75) is 12.3 Å². The van der Waals surface area contributed by atoms with Crippen LogP contribution in [0.3, 0.4) is 0 Å². The van der Waals surface area contributed by atoms with Crippen molar-refractivity contribution >= 4 is 38.9 Å². The van der Waals surface area contributed by atoms with Crippen LogP contribution in [0, 0.1) is 0 Å². The lowest BCUT2D eigenvalue weighted by atomic mass is 9.74. The number of aromatic nitrogens is 1. The molecule has 0 spiro atoms. The Hall–Kier alpha value is -8.20. The second-order valence-corrected chi connectivity index (χ2v) is 16.9. The van der Waals surface area contributed by atoms with Gasteiger partial charge in [0.15, 0.2) is 0 Å². The molecule has 1 atom stereocenters. The Morgan fingerprint density at radius 2 is 0.781 bits per heavy atom. The van der Waals surface area contributed by atoms with Crippen molar-refractivity contribution in [3.8, 4) is 50.2 Å². The number of para-hydroxylation sites is 5. The number of nitrogens with zero attached hydrogens (tertiary/aromatic N) is 2. The molecule has 0 bridgehead atoms. The zero-order chi connectivity index (χ0) is 42.6. The highest BCUT2D eigenvalue weighted by molar-refractivity contribution is 6.10. The van der Waals surface area contributed by atoms with Gasteiger partial charge in [-0.25, -0.2) is 0 Å². The van der Waals surface area contributed by atoms with E-state index in [1.165, 1.54) is 77.4 Å². The predicted octanol–water partition coefficient (Wildman–Crippen LogP) is 16.6. The molecule has 1 aliphatic carbocycles. The lowest BCUT2D eigenvalue weighted by molar-refractivity contribution is 0.714. The van der Waals surface area contributed by atoms with E-state index in [-0.39, 0.29) is 5.41 Å². The highest BCUT2D eigenvalue weighted by Gasteiger charge is 2.42. The maximum absolute atomic E-state index is 2.56. The molecule has 1 heterocycles. The largest absolute Gasteiger partial charge is 0.307 e. The molecule has 12 rings (SSSR count). The molecule has 0 saturated heterocycles. The maximum atomic E-state index is 2.56. The summed E-state index contributed by atoms with van der Waals surface area (Å²) in [6.07, 6.45) is 0. The van der Waals surface area contributed by atoms with Crippen molar-refractivity contribution in [3.05, 3.63) is 265 Å². The normalized spacial score (nSPS) is 14.1. The second kappa shape index (κ2) is 15.3. The first-order valence-corrected chi connectivity index (χ1v) is 22.2. The van der Waals surface area contributed by atoms with Crippen LogP contribution in [0.1, 0.15) is 23.6 Å². The van der Waals surface area contributed by atoms with Crippen molar-refractivity contribution in [1.29, 1.82) is 0 Å². The molecule has 0 N–H and O–H groups in total. The smallest absolute Gasteiger partial charge is 0.0702 e. The molecule has 0 fully saturated rings. The van der Waals surface area contributed by atoms with Crippen molar-refractivity contribution in [1.82, 2.24) is 4.57 Å². The fourth-order valence-electron chi connectivity index (χ4n) is 10.6. The third-order valence-electron chi connectivity index (χ3n) is 13.5. The minimum atomic E-state index is -0.367. The van der Waals surface area contributed by atoms with E-state index in [0.29, 0.717) is 0 Å². The molecular formula is C62H44N2. The maximum Gasteiger partial charge on any atom is 0.0702 e. The van der Waals surface area contributed by atoms with Gasteiger partial charge in [0.25, 0.3) is 0 Å². The van der Waals surface area contributed by atoms with Gasteiger partial charge in [-0.2, -0.15) is 0 Å². The highest BCUT2D eigenvalue weighted by Crippen LogP contribution is 2.58. The van der Waals surface area contributed by atoms with Crippen LogP contribution in [0.15, 0.2) is 249 Å². The summed E-state index contributed by atoms with van der Waals surface area (Å²) in [5.41, 5.74) is 19.9. The van der Waals surface area contributed by atoms with Gasteiger partial charge in [-0.3, -0.25) is 0 Å². The molecule has 0 radical (unpaired) electrons. The minimum absolute atomic E-state index is 0.367. The van der Waals surface area contributed by atoms with E-state index in [4.69, 9.17) is 0 Å². The van der Waals surface area contributed by atoms with Gasteiger partial charge in [-0.1, -0.05) is 212 Å². The first-order chi connectivity index (χ1) is 31.7. The lowest BCUT2D eigenvalue weighted by Crippen LogP contribution is -2.22. The number of benzene rings is 10. The van der Waals surface area contributed by atoms with Crippen LogP contribution in [0.25, 0.3) is 72.0 Å². The van der Waals surface area contributed by atoms with E-state index in [1.54, 1.807) is 0 Å². The first kappa shape index (κ1) is 37.6. The summed E-state index contributed by atoms with van der Waals surface area (Å²) in [4.78, 5) is 2.56. The fraction of sp³-hybridized carbons (Fsp3) is 0.0323. The second-order valence-electron chi connectivity index (χ2n) is 16.9. The standard InChI is InChI=1S/C62H44N2/c1-62(44-25-6-3-7-26-44)53-35-16-12-34-52(53)61-54(62)36-22-42-60(61)64(59-41-21-20-40-58(59)63-56-38-18-14-32-50(56)51-33-15-19-39-57(51)63)55-37-17-13-31-49(55)48-30-11-10-29-47(48)46-28-9-8-27-45(46)43-23-4-2-5-24-43/h2-42H,1H3. The van der Waals surface area contributed by atoms with Crippen LogP contribution < -0.4 is 4.90 Å². The van der Waals surface area contributed by atoms with Crippen molar-refractivity contribution in [3.63, 3.8) is 0 Å². The predicted molar refractivity (Wildman–Crippen MR) is 269 cm³/mol. The Morgan fingerprint density at radius 3 is 1.47 bits per heavy atom. The van der Waals surface area contributed by atoms with E-state index < -0.39 is 0 Å². The number of rotatable bonds is 8. The molecule has 0 saturated carbocycles. The average molecular weight is 817 g/mol. The van der Waals surface area contributed by atoms with Gasteiger partial charge in [0.2, 0.25) is 0 Å². The molecule has 302 valence electrons. The molecule has 2 heteroatoms. The Kier molecular flexibility index (Phi) is 8.98. The van der Waals surface area contributed by atoms with E-state index in [1.807, 2.05) is 0 Å². The molecular weight excluding hydrogens is 773 g/mol. The average Bonchev–Trinajstić information content (AvgIpc) is 3.85. The van der Waals surface area contributed by atoms with E-state index in [2.05, 4.69) is 265 Å². The molecule has 1 unspecified atom stereocenters. The van der Waals surface area contributed by atoms with E-state index in [9.17, 15) is 0 Å². The van der Waals surface area contributed by atoms with Gasteiger partial charge in [0.05, 0.1) is 33.8 Å². The summed E-state index contributed by atoms with van der Waals surface area (Å²) in [5, 5.41) is 2.47. The molecule has 2 nitrogen and oxygen atoms in total. The zero-order valence-corrected chi connectivity index (χ0v) is 35.6. The monoisotopic (exact) mass is 816 g/mol. The SMILES string of the molecule is CC1(c2ccccc2)c2ccccc2-c2c(N(c3ccccc3-c3ccccc3-c3ccccc3-c3ccccc3)c3ccccc3-n3c4ccccc4c4ccccc43)cccc21. The first-order valence-electron chi connectivity index (χ1n) is 22.2. The molecule has 0 amide bonds. The number of hydrogen-bond acceptors (Lipinski definition) is 1.